The third-order valence-electron chi connectivity index (χ3n) is 6.31. The zero-order valence-corrected chi connectivity index (χ0v) is 17.9. The van der Waals surface area contributed by atoms with Gasteiger partial charge in [-0.15, -0.1) is 0 Å². The molecule has 0 radical (unpaired) electrons. The number of nitriles is 1. The van der Waals surface area contributed by atoms with E-state index < -0.39 is 0 Å². The van der Waals surface area contributed by atoms with Crippen LogP contribution in [0.5, 0.6) is 0 Å². The van der Waals surface area contributed by atoms with Crippen molar-refractivity contribution < 1.29 is 4.79 Å². The van der Waals surface area contributed by atoms with Crippen LogP contribution in [0, 0.1) is 11.3 Å². The van der Waals surface area contributed by atoms with Gasteiger partial charge in [-0.25, -0.2) is 0 Å². The summed E-state index contributed by atoms with van der Waals surface area (Å²) in [5.74, 6) is -0.233. The van der Waals surface area contributed by atoms with Gasteiger partial charge in [0.05, 0.1) is 6.04 Å². The van der Waals surface area contributed by atoms with Crippen LogP contribution >= 0.6 is 0 Å². The Balaban J connectivity index is 1.43. The molecule has 0 unspecified atom stereocenters. The fourth-order valence-corrected chi connectivity index (χ4v) is 4.66. The summed E-state index contributed by atoms with van der Waals surface area (Å²) < 4.78 is 0. The number of rotatable bonds is 6. The summed E-state index contributed by atoms with van der Waals surface area (Å²) >= 11 is 0. The van der Waals surface area contributed by atoms with Crippen LogP contribution in [-0.2, 0) is 4.79 Å². The van der Waals surface area contributed by atoms with E-state index in [0.717, 1.165) is 51.9 Å². The molecule has 1 saturated heterocycles. The van der Waals surface area contributed by atoms with Gasteiger partial charge in [-0.2, -0.15) is 5.26 Å². The standard InChI is InChI=1S/C26H30N4O/c27-19-23(26(31)28-24-13-7-8-14-24)20-29-15-17-30(18-16-29)25(21-9-3-1-4-10-21)22-11-5-2-6-12-22/h1-6,9-12,20,24-25H,7-8,13-18H2,(H,28,31)/b23-20-. The molecule has 31 heavy (non-hydrogen) atoms. The molecule has 1 heterocycles. The third kappa shape index (κ3) is 5.34. The van der Waals surface area contributed by atoms with Crippen LogP contribution in [0.2, 0.25) is 0 Å². The van der Waals surface area contributed by atoms with Gasteiger partial charge in [0.15, 0.2) is 0 Å². The quantitative estimate of drug-likeness (QED) is 0.576. The second-order valence-corrected chi connectivity index (χ2v) is 8.41. The van der Waals surface area contributed by atoms with Crippen LogP contribution in [-0.4, -0.2) is 47.9 Å². The zero-order valence-electron chi connectivity index (χ0n) is 17.9. The first-order chi connectivity index (χ1) is 15.2. The molecule has 2 aromatic rings. The Kier molecular flexibility index (Phi) is 7.01. The SMILES string of the molecule is N#C/C(=C/N1CCN(C(c2ccccc2)c2ccccc2)CC1)C(=O)NC1CCCC1. The molecule has 5 heteroatoms. The molecule has 4 rings (SSSR count). The first-order valence-corrected chi connectivity index (χ1v) is 11.3. The van der Waals surface area contributed by atoms with E-state index in [4.69, 9.17) is 0 Å². The molecule has 1 aliphatic carbocycles. The van der Waals surface area contributed by atoms with E-state index in [2.05, 4.69) is 69.7 Å². The average Bonchev–Trinajstić information content (AvgIpc) is 3.33. The van der Waals surface area contributed by atoms with Gasteiger partial charge in [0, 0.05) is 38.4 Å². The van der Waals surface area contributed by atoms with E-state index in [9.17, 15) is 10.1 Å². The highest BCUT2D eigenvalue weighted by molar-refractivity contribution is 5.97. The predicted octanol–water partition coefficient (Wildman–Crippen LogP) is 3.86. The van der Waals surface area contributed by atoms with Gasteiger partial charge >= 0.3 is 0 Å². The Morgan fingerprint density at radius 3 is 2.00 bits per heavy atom. The van der Waals surface area contributed by atoms with Crippen molar-refractivity contribution in [3.8, 4) is 6.07 Å². The predicted molar refractivity (Wildman–Crippen MR) is 122 cm³/mol. The lowest BCUT2D eigenvalue weighted by Crippen LogP contribution is -2.46. The summed E-state index contributed by atoms with van der Waals surface area (Å²) in [6.07, 6.45) is 6.10. The van der Waals surface area contributed by atoms with E-state index in [1.165, 1.54) is 11.1 Å². The lowest BCUT2D eigenvalue weighted by Gasteiger charge is -2.39. The number of nitrogens with zero attached hydrogens (tertiary/aromatic N) is 3. The number of benzene rings is 2. The molecule has 5 nitrogen and oxygen atoms in total. The van der Waals surface area contributed by atoms with Crippen molar-refractivity contribution in [2.24, 2.45) is 0 Å². The molecule has 1 aliphatic heterocycles. The van der Waals surface area contributed by atoms with Crippen molar-refractivity contribution in [2.45, 2.75) is 37.8 Å². The van der Waals surface area contributed by atoms with E-state index in [-0.39, 0.29) is 23.6 Å². The van der Waals surface area contributed by atoms with Gasteiger partial charge in [-0.05, 0) is 24.0 Å². The molecule has 2 aliphatic rings. The summed E-state index contributed by atoms with van der Waals surface area (Å²) in [7, 11) is 0. The molecule has 0 bridgehead atoms. The lowest BCUT2D eigenvalue weighted by atomic mass is 9.96. The maximum Gasteiger partial charge on any atom is 0.263 e. The summed E-state index contributed by atoms with van der Waals surface area (Å²) in [5.41, 5.74) is 2.78. The number of hydrogen-bond acceptors (Lipinski definition) is 4. The normalized spacial score (nSPS) is 18.2. The van der Waals surface area contributed by atoms with Crippen LogP contribution < -0.4 is 5.32 Å². The first-order valence-electron chi connectivity index (χ1n) is 11.3. The Hall–Kier alpha value is -3.10. The molecule has 0 atom stereocenters. The van der Waals surface area contributed by atoms with Crippen LogP contribution in [0.3, 0.4) is 0 Å². The molecule has 0 spiro atoms. The maximum absolute atomic E-state index is 12.5. The highest BCUT2D eigenvalue weighted by atomic mass is 16.1. The number of nitrogens with one attached hydrogen (secondary N) is 1. The van der Waals surface area contributed by atoms with Crippen LogP contribution in [0.15, 0.2) is 72.4 Å². The largest absolute Gasteiger partial charge is 0.374 e. The molecule has 160 valence electrons. The van der Waals surface area contributed by atoms with Crippen molar-refractivity contribution in [2.75, 3.05) is 26.2 Å². The van der Waals surface area contributed by atoms with Gasteiger partial charge in [0.2, 0.25) is 0 Å². The molecule has 2 aromatic carbocycles. The van der Waals surface area contributed by atoms with Crippen molar-refractivity contribution in [3.63, 3.8) is 0 Å². The summed E-state index contributed by atoms with van der Waals surface area (Å²) in [6.45, 7) is 3.32. The second-order valence-electron chi connectivity index (χ2n) is 8.41. The monoisotopic (exact) mass is 414 g/mol. The van der Waals surface area contributed by atoms with Crippen LogP contribution in [0.4, 0.5) is 0 Å². The number of amides is 1. The highest BCUT2D eigenvalue weighted by Gasteiger charge is 2.26. The molecule has 0 aromatic heterocycles. The Labute approximate surface area is 185 Å². The number of carbonyl (C=O) groups excluding carboxylic acids is 1. The summed E-state index contributed by atoms with van der Waals surface area (Å²) in [4.78, 5) is 17.1. The molecule has 1 saturated carbocycles. The fraction of sp³-hybridized carbons (Fsp3) is 0.385. The van der Waals surface area contributed by atoms with Crippen molar-refractivity contribution in [1.82, 2.24) is 15.1 Å². The van der Waals surface area contributed by atoms with E-state index in [1.807, 2.05) is 12.1 Å². The second kappa shape index (κ2) is 10.3. The Morgan fingerprint density at radius 2 is 1.48 bits per heavy atom. The lowest BCUT2D eigenvalue weighted by molar-refractivity contribution is -0.117. The number of hydrogen-bond donors (Lipinski definition) is 1. The molecule has 1 amide bonds. The minimum Gasteiger partial charge on any atom is -0.374 e. The summed E-state index contributed by atoms with van der Waals surface area (Å²) in [6, 6.07) is 23.7. The van der Waals surface area contributed by atoms with Crippen molar-refractivity contribution >= 4 is 5.91 Å². The molecule has 1 N–H and O–H groups in total. The number of piperazine rings is 1. The van der Waals surface area contributed by atoms with Crippen molar-refractivity contribution in [3.05, 3.63) is 83.6 Å². The minimum absolute atomic E-state index is 0.203. The van der Waals surface area contributed by atoms with Gasteiger partial charge in [0.1, 0.15) is 11.6 Å². The van der Waals surface area contributed by atoms with Gasteiger partial charge in [-0.1, -0.05) is 73.5 Å². The Bertz CT molecular complexity index is 881. The van der Waals surface area contributed by atoms with E-state index >= 15 is 0 Å². The third-order valence-corrected chi connectivity index (χ3v) is 6.31. The van der Waals surface area contributed by atoms with Gasteiger partial charge in [0.25, 0.3) is 5.91 Å². The molecular formula is C26H30N4O. The summed E-state index contributed by atoms with van der Waals surface area (Å²) in [5, 5.41) is 12.5. The van der Waals surface area contributed by atoms with Gasteiger partial charge in [-0.3, -0.25) is 9.69 Å². The topological polar surface area (TPSA) is 59.4 Å². The minimum atomic E-state index is -0.233. The molecule has 2 fully saturated rings. The van der Waals surface area contributed by atoms with Gasteiger partial charge < -0.3 is 10.2 Å². The van der Waals surface area contributed by atoms with Crippen LogP contribution in [0.1, 0.15) is 42.9 Å². The van der Waals surface area contributed by atoms with E-state index in [1.54, 1.807) is 6.20 Å². The first kappa shape index (κ1) is 21.1. The fourth-order valence-electron chi connectivity index (χ4n) is 4.66. The molecular weight excluding hydrogens is 384 g/mol. The van der Waals surface area contributed by atoms with E-state index in [0.29, 0.717) is 0 Å². The van der Waals surface area contributed by atoms with Crippen molar-refractivity contribution in [1.29, 1.82) is 5.26 Å². The highest BCUT2D eigenvalue weighted by Crippen LogP contribution is 2.29. The zero-order chi connectivity index (χ0) is 21.5. The average molecular weight is 415 g/mol. The maximum atomic E-state index is 12.5. The Morgan fingerprint density at radius 1 is 0.935 bits per heavy atom. The van der Waals surface area contributed by atoms with Crippen LogP contribution in [0.25, 0.3) is 0 Å². The smallest absolute Gasteiger partial charge is 0.263 e. The number of carbonyl (C=O) groups is 1.